The summed E-state index contributed by atoms with van der Waals surface area (Å²) in [5.74, 6) is 1.31. The number of rotatable bonds is 3. The summed E-state index contributed by atoms with van der Waals surface area (Å²) in [4.78, 5) is 4.25. The van der Waals surface area contributed by atoms with Crippen molar-refractivity contribution in [1.82, 2.24) is 10.6 Å². The van der Waals surface area contributed by atoms with E-state index in [2.05, 4.69) is 74.5 Å². The first kappa shape index (κ1) is 15.5. The second-order valence-corrected chi connectivity index (χ2v) is 6.14. The Bertz CT molecular complexity index is 430. The molecular weight excluding hydrogens is 234 g/mol. The van der Waals surface area contributed by atoms with Gasteiger partial charge in [-0.15, -0.1) is 0 Å². The molecule has 1 aromatic rings. The fraction of sp³-hybridized carbons (Fsp3) is 0.562. The maximum Gasteiger partial charge on any atom is 0.191 e. The van der Waals surface area contributed by atoms with Crippen LogP contribution in [-0.2, 0) is 0 Å². The van der Waals surface area contributed by atoms with Gasteiger partial charge in [0, 0.05) is 19.1 Å². The number of hydrogen-bond acceptors (Lipinski definition) is 1. The molecule has 0 aromatic heterocycles. The van der Waals surface area contributed by atoms with E-state index in [1.54, 1.807) is 7.05 Å². The molecule has 19 heavy (non-hydrogen) atoms. The van der Waals surface area contributed by atoms with Crippen LogP contribution < -0.4 is 10.6 Å². The Kier molecular flexibility index (Phi) is 5.40. The summed E-state index contributed by atoms with van der Waals surface area (Å²) in [7, 11) is 1.80. The van der Waals surface area contributed by atoms with Gasteiger partial charge in [-0.3, -0.25) is 4.99 Å². The summed E-state index contributed by atoms with van der Waals surface area (Å²) in [6, 6.07) is 8.67. The number of nitrogens with one attached hydrogen (secondary N) is 2. The highest BCUT2D eigenvalue weighted by molar-refractivity contribution is 5.80. The van der Waals surface area contributed by atoms with Crippen molar-refractivity contribution in [3.8, 4) is 0 Å². The summed E-state index contributed by atoms with van der Waals surface area (Å²) in [6.45, 7) is 11.6. The fourth-order valence-electron chi connectivity index (χ4n) is 1.88. The SMILES string of the molecule is CN=C(NCC(C)c1cccc(C)c1)NC(C)(C)C. The lowest BCUT2D eigenvalue weighted by molar-refractivity contribution is 0.499. The van der Waals surface area contributed by atoms with Crippen molar-refractivity contribution >= 4 is 5.96 Å². The standard InChI is InChI=1S/C16H27N3/c1-12-8-7-9-14(10-12)13(2)11-18-15(17-6)19-16(3,4)5/h7-10,13H,11H2,1-6H3,(H2,17,18,19). The normalized spacial score (nSPS) is 14.1. The second-order valence-electron chi connectivity index (χ2n) is 6.14. The van der Waals surface area contributed by atoms with Gasteiger partial charge in [0.25, 0.3) is 0 Å². The smallest absolute Gasteiger partial charge is 0.191 e. The summed E-state index contributed by atoms with van der Waals surface area (Å²) in [6.07, 6.45) is 0. The lowest BCUT2D eigenvalue weighted by Gasteiger charge is -2.25. The Hall–Kier alpha value is -1.51. The van der Waals surface area contributed by atoms with E-state index in [-0.39, 0.29) is 5.54 Å². The van der Waals surface area contributed by atoms with Gasteiger partial charge in [0.2, 0.25) is 0 Å². The van der Waals surface area contributed by atoms with E-state index in [1.807, 2.05) is 0 Å². The lowest BCUT2D eigenvalue weighted by atomic mass is 9.99. The van der Waals surface area contributed by atoms with Crippen LogP contribution in [-0.4, -0.2) is 25.1 Å². The molecule has 0 saturated carbocycles. The third kappa shape index (κ3) is 5.77. The van der Waals surface area contributed by atoms with Crippen molar-refractivity contribution in [2.24, 2.45) is 4.99 Å². The van der Waals surface area contributed by atoms with Gasteiger partial charge in [-0.2, -0.15) is 0 Å². The molecule has 0 heterocycles. The Morgan fingerprint density at radius 3 is 2.53 bits per heavy atom. The van der Waals surface area contributed by atoms with Crippen LogP contribution >= 0.6 is 0 Å². The van der Waals surface area contributed by atoms with E-state index < -0.39 is 0 Å². The fourth-order valence-corrected chi connectivity index (χ4v) is 1.88. The van der Waals surface area contributed by atoms with Crippen LogP contribution in [0.5, 0.6) is 0 Å². The Morgan fingerprint density at radius 2 is 2.00 bits per heavy atom. The van der Waals surface area contributed by atoms with E-state index >= 15 is 0 Å². The van der Waals surface area contributed by atoms with Crippen LogP contribution in [0.2, 0.25) is 0 Å². The average molecular weight is 261 g/mol. The second kappa shape index (κ2) is 6.60. The van der Waals surface area contributed by atoms with Crippen molar-refractivity contribution in [2.45, 2.75) is 46.1 Å². The molecule has 0 aliphatic carbocycles. The van der Waals surface area contributed by atoms with Gasteiger partial charge < -0.3 is 10.6 Å². The summed E-state index contributed by atoms with van der Waals surface area (Å²) < 4.78 is 0. The largest absolute Gasteiger partial charge is 0.356 e. The monoisotopic (exact) mass is 261 g/mol. The van der Waals surface area contributed by atoms with Crippen molar-refractivity contribution in [3.05, 3.63) is 35.4 Å². The highest BCUT2D eigenvalue weighted by atomic mass is 15.2. The zero-order valence-corrected chi connectivity index (χ0v) is 13.0. The third-order valence-electron chi connectivity index (χ3n) is 2.90. The number of guanidine groups is 1. The molecule has 1 unspecified atom stereocenters. The van der Waals surface area contributed by atoms with Gasteiger partial charge in [-0.1, -0.05) is 36.8 Å². The van der Waals surface area contributed by atoms with Crippen molar-refractivity contribution in [2.75, 3.05) is 13.6 Å². The zero-order chi connectivity index (χ0) is 14.5. The molecule has 0 saturated heterocycles. The first-order chi connectivity index (χ1) is 8.81. The maximum atomic E-state index is 4.25. The van der Waals surface area contributed by atoms with E-state index in [9.17, 15) is 0 Å². The molecule has 1 atom stereocenters. The molecule has 0 spiro atoms. The quantitative estimate of drug-likeness (QED) is 0.648. The molecule has 0 bridgehead atoms. The van der Waals surface area contributed by atoms with Crippen LogP contribution in [0.1, 0.15) is 44.7 Å². The van der Waals surface area contributed by atoms with Gasteiger partial charge in [0.05, 0.1) is 0 Å². The molecule has 0 fully saturated rings. The van der Waals surface area contributed by atoms with Gasteiger partial charge in [0.1, 0.15) is 0 Å². The molecule has 3 nitrogen and oxygen atoms in total. The Balaban J connectivity index is 2.56. The molecule has 0 aliphatic rings. The third-order valence-corrected chi connectivity index (χ3v) is 2.90. The van der Waals surface area contributed by atoms with Crippen LogP contribution in [0.4, 0.5) is 0 Å². The Morgan fingerprint density at radius 1 is 1.32 bits per heavy atom. The molecule has 0 radical (unpaired) electrons. The van der Waals surface area contributed by atoms with E-state index in [0.29, 0.717) is 5.92 Å². The van der Waals surface area contributed by atoms with E-state index in [0.717, 1.165) is 12.5 Å². The minimum absolute atomic E-state index is 0.0222. The molecule has 0 aliphatic heterocycles. The minimum Gasteiger partial charge on any atom is -0.356 e. The molecule has 0 amide bonds. The van der Waals surface area contributed by atoms with Gasteiger partial charge in [-0.25, -0.2) is 0 Å². The molecule has 2 N–H and O–H groups in total. The summed E-state index contributed by atoms with van der Waals surface area (Å²) in [5.41, 5.74) is 2.69. The summed E-state index contributed by atoms with van der Waals surface area (Å²) in [5, 5.41) is 6.75. The maximum absolute atomic E-state index is 4.25. The Labute approximate surface area is 117 Å². The van der Waals surface area contributed by atoms with E-state index in [1.165, 1.54) is 11.1 Å². The van der Waals surface area contributed by atoms with Crippen molar-refractivity contribution < 1.29 is 0 Å². The van der Waals surface area contributed by atoms with Gasteiger partial charge in [-0.05, 0) is 39.2 Å². The first-order valence-electron chi connectivity index (χ1n) is 6.87. The number of aryl methyl sites for hydroxylation is 1. The first-order valence-corrected chi connectivity index (χ1v) is 6.87. The topological polar surface area (TPSA) is 36.4 Å². The number of hydrogen-bond donors (Lipinski definition) is 2. The summed E-state index contributed by atoms with van der Waals surface area (Å²) >= 11 is 0. The molecular formula is C16H27N3. The number of aliphatic imine (C=N–C) groups is 1. The van der Waals surface area contributed by atoms with Crippen molar-refractivity contribution in [1.29, 1.82) is 0 Å². The van der Waals surface area contributed by atoms with Crippen LogP contribution in [0.25, 0.3) is 0 Å². The molecule has 1 rings (SSSR count). The van der Waals surface area contributed by atoms with Crippen molar-refractivity contribution in [3.63, 3.8) is 0 Å². The number of benzene rings is 1. The molecule has 1 aromatic carbocycles. The van der Waals surface area contributed by atoms with Crippen LogP contribution in [0.15, 0.2) is 29.3 Å². The average Bonchev–Trinajstić information content (AvgIpc) is 2.32. The number of nitrogens with zero attached hydrogens (tertiary/aromatic N) is 1. The highest BCUT2D eigenvalue weighted by Gasteiger charge is 2.12. The van der Waals surface area contributed by atoms with Gasteiger partial charge in [0.15, 0.2) is 5.96 Å². The van der Waals surface area contributed by atoms with Gasteiger partial charge >= 0.3 is 0 Å². The predicted molar refractivity (Wildman–Crippen MR) is 83.8 cm³/mol. The zero-order valence-electron chi connectivity index (χ0n) is 13.0. The predicted octanol–water partition coefficient (Wildman–Crippen LogP) is 3.06. The molecule has 3 heteroatoms. The lowest BCUT2D eigenvalue weighted by Crippen LogP contribution is -2.48. The van der Waals surface area contributed by atoms with Crippen LogP contribution in [0.3, 0.4) is 0 Å². The van der Waals surface area contributed by atoms with E-state index in [4.69, 9.17) is 0 Å². The molecule has 106 valence electrons. The highest BCUT2D eigenvalue weighted by Crippen LogP contribution is 2.15. The van der Waals surface area contributed by atoms with Crippen LogP contribution in [0, 0.1) is 6.92 Å². The minimum atomic E-state index is 0.0222.